The molecule has 2 aromatic rings. The molecule has 6 heteroatoms. The van der Waals surface area contributed by atoms with Crippen LogP contribution in [0, 0.1) is 10.1 Å². The van der Waals surface area contributed by atoms with E-state index in [1.165, 1.54) is 17.0 Å². The molecule has 0 aliphatic heterocycles. The first-order valence-electron chi connectivity index (χ1n) is 5.74. The highest BCUT2D eigenvalue weighted by atomic mass is 16.6. The molecule has 0 unspecified atom stereocenters. The molecule has 0 fully saturated rings. The van der Waals surface area contributed by atoms with Gasteiger partial charge in [0.2, 0.25) is 0 Å². The Morgan fingerprint density at radius 2 is 1.95 bits per heavy atom. The van der Waals surface area contributed by atoms with Crippen molar-refractivity contribution in [3.8, 4) is 0 Å². The van der Waals surface area contributed by atoms with Crippen LogP contribution >= 0.6 is 0 Å². The monoisotopic (exact) mass is 260 g/mol. The highest BCUT2D eigenvalue weighted by Crippen LogP contribution is 2.20. The van der Waals surface area contributed by atoms with Gasteiger partial charge in [-0.2, -0.15) is 0 Å². The van der Waals surface area contributed by atoms with Gasteiger partial charge in [0.25, 0.3) is 5.91 Å². The fraction of sp³-hybridized carbons (Fsp3) is 0.154. The molecule has 0 spiro atoms. The summed E-state index contributed by atoms with van der Waals surface area (Å²) >= 11 is 0. The molecular weight excluding hydrogens is 248 g/mol. The zero-order chi connectivity index (χ0) is 13.8. The second-order valence-electron chi connectivity index (χ2n) is 3.78. The van der Waals surface area contributed by atoms with Gasteiger partial charge >= 0.3 is 5.88 Å². The molecule has 0 bridgehead atoms. The maximum Gasteiger partial charge on any atom is 0.433 e. The molecule has 0 aliphatic rings. The molecule has 1 aromatic heterocycles. The summed E-state index contributed by atoms with van der Waals surface area (Å²) in [5.74, 6) is -0.883. The van der Waals surface area contributed by atoms with E-state index in [-0.39, 0.29) is 5.76 Å². The van der Waals surface area contributed by atoms with Crippen LogP contribution < -0.4 is 4.90 Å². The molecule has 1 amide bonds. The van der Waals surface area contributed by atoms with E-state index in [2.05, 4.69) is 0 Å². The average Bonchev–Trinajstić information content (AvgIpc) is 2.90. The van der Waals surface area contributed by atoms with Gasteiger partial charge in [0.15, 0.2) is 5.76 Å². The summed E-state index contributed by atoms with van der Waals surface area (Å²) < 4.78 is 4.92. The molecule has 1 aromatic carbocycles. The molecule has 6 nitrogen and oxygen atoms in total. The van der Waals surface area contributed by atoms with Crippen molar-refractivity contribution in [3.05, 3.63) is 58.3 Å². The minimum absolute atomic E-state index is 0.0441. The average molecular weight is 260 g/mol. The van der Waals surface area contributed by atoms with Crippen LogP contribution in [0.2, 0.25) is 0 Å². The number of amides is 1. The molecule has 19 heavy (non-hydrogen) atoms. The largest absolute Gasteiger partial charge is 0.433 e. The molecule has 0 radical (unpaired) electrons. The Kier molecular flexibility index (Phi) is 3.61. The lowest BCUT2D eigenvalue weighted by molar-refractivity contribution is -0.402. The SMILES string of the molecule is CCN(C(=O)c1ccc([N+](=O)[O-])o1)c1ccccc1. The standard InChI is InChI=1S/C13H12N2O4/c1-2-14(10-6-4-3-5-7-10)13(16)11-8-9-12(19-11)15(17)18/h3-9H,2H2,1H3. The maximum absolute atomic E-state index is 12.2. The quantitative estimate of drug-likeness (QED) is 0.625. The molecular formula is C13H12N2O4. The lowest BCUT2D eigenvalue weighted by atomic mass is 10.2. The van der Waals surface area contributed by atoms with Crippen molar-refractivity contribution < 1.29 is 14.1 Å². The van der Waals surface area contributed by atoms with E-state index >= 15 is 0 Å². The Labute approximate surface area is 109 Å². The summed E-state index contributed by atoms with van der Waals surface area (Å²) in [6, 6.07) is 11.5. The van der Waals surface area contributed by atoms with Crippen LogP contribution in [0.15, 0.2) is 46.9 Å². The van der Waals surface area contributed by atoms with Crippen LogP contribution in [-0.2, 0) is 0 Å². The third-order valence-corrected chi connectivity index (χ3v) is 2.61. The van der Waals surface area contributed by atoms with Gasteiger partial charge in [0, 0.05) is 12.2 Å². The zero-order valence-electron chi connectivity index (χ0n) is 10.3. The Morgan fingerprint density at radius 3 is 2.47 bits per heavy atom. The minimum Gasteiger partial charge on any atom is -0.395 e. The van der Waals surface area contributed by atoms with Crippen molar-refractivity contribution in [2.75, 3.05) is 11.4 Å². The van der Waals surface area contributed by atoms with Crippen molar-refractivity contribution in [1.29, 1.82) is 0 Å². The molecule has 0 N–H and O–H groups in total. The number of rotatable bonds is 4. The predicted octanol–water partition coefficient (Wildman–Crippen LogP) is 2.85. The number of nitro groups is 1. The predicted molar refractivity (Wildman–Crippen MR) is 69.2 cm³/mol. The highest BCUT2D eigenvalue weighted by molar-refractivity contribution is 6.04. The van der Waals surface area contributed by atoms with E-state index < -0.39 is 16.7 Å². The topological polar surface area (TPSA) is 76.6 Å². The first-order valence-corrected chi connectivity index (χ1v) is 5.74. The van der Waals surface area contributed by atoms with E-state index in [0.29, 0.717) is 12.2 Å². The lowest BCUT2D eigenvalue weighted by Gasteiger charge is -2.19. The summed E-state index contributed by atoms with van der Waals surface area (Å²) in [5.41, 5.74) is 0.717. The summed E-state index contributed by atoms with van der Waals surface area (Å²) in [7, 11) is 0. The first-order chi connectivity index (χ1) is 9.13. The maximum atomic E-state index is 12.2. The molecule has 0 aliphatic carbocycles. The fourth-order valence-corrected chi connectivity index (χ4v) is 1.73. The van der Waals surface area contributed by atoms with Gasteiger partial charge in [0.1, 0.15) is 4.92 Å². The molecule has 0 saturated heterocycles. The van der Waals surface area contributed by atoms with E-state index in [1.807, 2.05) is 25.1 Å². The van der Waals surface area contributed by atoms with Crippen LogP contribution in [0.4, 0.5) is 11.6 Å². The summed E-state index contributed by atoms with van der Waals surface area (Å²) in [4.78, 5) is 23.6. The van der Waals surface area contributed by atoms with Crippen molar-refractivity contribution >= 4 is 17.5 Å². The van der Waals surface area contributed by atoms with Crippen LogP contribution in [0.3, 0.4) is 0 Å². The molecule has 0 atom stereocenters. The number of furan rings is 1. The van der Waals surface area contributed by atoms with Gasteiger partial charge in [-0.3, -0.25) is 14.9 Å². The van der Waals surface area contributed by atoms with Gasteiger partial charge < -0.3 is 9.32 Å². The molecule has 0 saturated carbocycles. The van der Waals surface area contributed by atoms with Crippen molar-refractivity contribution in [2.24, 2.45) is 0 Å². The number of carbonyl (C=O) groups is 1. The summed E-state index contributed by atoms with van der Waals surface area (Å²) in [6.45, 7) is 2.26. The highest BCUT2D eigenvalue weighted by Gasteiger charge is 2.22. The third-order valence-electron chi connectivity index (χ3n) is 2.61. The van der Waals surface area contributed by atoms with E-state index in [9.17, 15) is 14.9 Å². The van der Waals surface area contributed by atoms with Gasteiger partial charge in [0.05, 0.1) is 6.07 Å². The summed E-state index contributed by atoms with van der Waals surface area (Å²) in [5, 5.41) is 10.5. The number of para-hydroxylation sites is 1. The van der Waals surface area contributed by atoms with Crippen molar-refractivity contribution in [2.45, 2.75) is 6.92 Å². The van der Waals surface area contributed by atoms with Crippen LogP contribution in [0.25, 0.3) is 0 Å². The van der Waals surface area contributed by atoms with Crippen molar-refractivity contribution in [3.63, 3.8) is 0 Å². The van der Waals surface area contributed by atoms with E-state index in [4.69, 9.17) is 4.42 Å². The van der Waals surface area contributed by atoms with E-state index in [1.54, 1.807) is 12.1 Å². The van der Waals surface area contributed by atoms with Gasteiger partial charge in [-0.1, -0.05) is 18.2 Å². The molecule has 98 valence electrons. The zero-order valence-corrected chi connectivity index (χ0v) is 10.3. The lowest BCUT2D eigenvalue weighted by Crippen LogP contribution is -2.30. The number of anilines is 1. The number of benzene rings is 1. The molecule has 2 rings (SSSR count). The molecule has 1 heterocycles. The Balaban J connectivity index is 2.28. The second-order valence-corrected chi connectivity index (χ2v) is 3.78. The number of carbonyl (C=O) groups excluding carboxylic acids is 1. The smallest absolute Gasteiger partial charge is 0.395 e. The second kappa shape index (κ2) is 5.34. The van der Waals surface area contributed by atoms with Gasteiger partial charge in [-0.05, 0) is 25.1 Å². The van der Waals surface area contributed by atoms with Crippen LogP contribution in [-0.4, -0.2) is 17.4 Å². The van der Waals surface area contributed by atoms with Gasteiger partial charge in [-0.15, -0.1) is 0 Å². The number of nitrogens with zero attached hydrogens (tertiary/aromatic N) is 2. The normalized spacial score (nSPS) is 10.2. The minimum atomic E-state index is -0.671. The Hall–Kier alpha value is -2.63. The number of hydrogen-bond acceptors (Lipinski definition) is 4. The Morgan fingerprint density at radius 1 is 1.26 bits per heavy atom. The van der Waals surface area contributed by atoms with Crippen LogP contribution in [0.1, 0.15) is 17.5 Å². The van der Waals surface area contributed by atoms with Crippen LogP contribution in [0.5, 0.6) is 0 Å². The first kappa shape index (κ1) is 12.8. The fourth-order valence-electron chi connectivity index (χ4n) is 1.73. The summed E-state index contributed by atoms with van der Waals surface area (Å²) in [6.07, 6.45) is 0. The Bertz CT molecular complexity index is 592. The van der Waals surface area contributed by atoms with Gasteiger partial charge in [-0.25, -0.2) is 0 Å². The third kappa shape index (κ3) is 2.62. The van der Waals surface area contributed by atoms with E-state index in [0.717, 1.165) is 0 Å². The number of hydrogen-bond donors (Lipinski definition) is 0. The van der Waals surface area contributed by atoms with Crippen molar-refractivity contribution in [1.82, 2.24) is 0 Å².